The smallest absolute Gasteiger partial charge is 0.220 e. The van der Waals surface area contributed by atoms with Crippen molar-refractivity contribution in [1.82, 2.24) is 14.9 Å². The zero-order valence-electron chi connectivity index (χ0n) is 14.6. The molecule has 0 fully saturated rings. The van der Waals surface area contributed by atoms with Gasteiger partial charge in [0.2, 0.25) is 5.91 Å². The summed E-state index contributed by atoms with van der Waals surface area (Å²) in [6, 6.07) is 17.9. The number of benzene rings is 2. The molecule has 3 aromatic rings. The highest BCUT2D eigenvalue weighted by atomic mass is 35.5. The summed E-state index contributed by atoms with van der Waals surface area (Å²) in [5.41, 5.74) is 2.35. The number of halogens is 1. The number of nitrogens with zero attached hydrogens (tertiary/aromatic N) is 2. The predicted molar refractivity (Wildman–Crippen MR) is 104 cm³/mol. The quantitative estimate of drug-likeness (QED) is 0.656. The summed E-state index contributed by atoms with van der Waals surface area (Å²) < 4.78 is 2.12. The zero-order chi connectivity index (χ0) is 18.2. The van der Waals surface area contributed by atoms with Gasteiger partial charge >= 0.3 is 0 Å². The standard InChI is InChI=1S/C21H22ClN3O/c22-19-9-6-17(7-10-19)8-11-21(26)24-13-12-20-23-14-15-25(20)16-18-4-2-1-3-5-18/h1-7,9-10,14-15H,8,11-13,16H2,(H,24,26). The molecule has 1 aromatic heterocycles. The minimum atomic E-state index is 0.0566. The van der Waals surface area contributed by atoms with E-state index in [4.69, 9.17) is 11.6 Å². The second-order valence-electron chi connectivity index (χ2n) is 6.18. The SMILES string of the molecule is O=C(CCc1ccc(Cl)cc1)NCCc1nccn1Cc1ccccc1. The van der Waals surface area contributed by atoms with E-state index in [0.29, 0.717) is 30.8 Å². The molecule has 0 saturated heterocycles. The van der Waals surface area contributed by atoms with Gasteiger partial charge in [-0.1, -0.05) is 54.1 Å². The monoisotopic (exact) mass is 367 g/mol. The van der Waals surface area contributed by atoms with Gasteiger partial charge in [-0.2, -0.15) is 0 Å². The van der Waals surface area contributed by atoms with Gasteiger partial charge in [-0.05, 0) is 29.7 Å². The first kappa shape index (κ1) is 18.2. The number of amides is 1. The molecule has 0 saturated carbocycles. The van der Waals surface area contributed by atoms with E-state index in [1.165, 1.54) is 5.56 Å². The highest BCUT2D eigenvalue weighted by Crippen LogP contribution is 2.11. The van der Waals surface area contributed by atoms with E-state index in [2.05, 4.69) is 27.0 Å². The summed E-state index contributed by atoms with van der Waals surface area (Å²) in [6.45, 7) is 1.38. The first-order valence-corrected chi connectivity index (χ1v) is 9.13. The molecule has 0 unspecified atom stereocenters. The van der Waals surface area contributed by atoms with Crippen molar-refractivity contribution in [2.24, 2.45) is 0 Å². The van der Waals surface area contributed by atoms with Crippen LogP contribution in [0.3, 0.4) is 0 Å². The van der Waals surface area contributed by atoms with Gasteiger partial charge in [0.25, 0.3) is 0 Å². The lowest BCUT2D eigenvalue weighted by Crippen LogP contribution is -2.26. The first-order valence-electron chi connectivity index (χ1n) is 8.76. The van der Waals surface area contributed by atoms with Crippen molar-refractivity contribution in [3.05, 3.63) is 89.0 Å². The topological polar surface area (TPSA) is 46.9 Å². The van der Waals surface area contributed by atoms with Gasteiger partial charge in [-0.3, -0.25) is 4.79 Å². The van der Waals surface area contributed by atoms with Crippen LogP contribution in [0.1, 0.15) is 23.4 Å². The molecule has 26 heavy (non-hydrogen) atoms. The van der Waals surface area contributed by atoms with E-state index >= 15 is 0 Å². The Labute approximate surface area is 158 Å². The lowest BCUT2D eigenvalue weighted by atomic mass is 10.1. The number of carbonyl (C=O) groups excluding carboxylic acids is 1. The molecule has 134 valence electrons. The van der Waals surface area contributed by atoms with Crippen molar-refractivity contribution < 1.29 is 4.79 Å². The van der Waals surface area contributed by atoms with Crippen molar-refractivity contribution in [3.63, 3.8) is 0 Å². The van der Waals surface area contributed by atoms with E-state index < -0.39 is 0 Å². The molecular formula is C21H22ClN3O. The average molecular weight is 368 g/mol. The molecule has 4 nitrogen and oxygen atoms in total. The second kappa shape index (κ2) is 9.20. The molecule has 0 aliphatic carbocycles. The lowest BCUT2D eigenvalue weighted by Gasteiger charge is -2.09. The van der Waals surface area contributed by atoms with E-state index in [9.17, 15) is 4.79 Å². The summed E-state index contributed by atoms with van der Waals surface area (Å²) in [7, 11) is 0. The molecule has 5 heteroatoms. The number of imidazole rings is 1. The van der Waals surface area contributed by atoms with Gasteiger partial charge in [-0.15, -0.1) is 0 Å². The molecule has 0 aliphatic rings. The molecule has 0 spiro atoms. The molecular weight excluding hydrogens is 346 g/mol. The number of hydrogen-bond donors (Lipinski definition) is 1. The van der Waals surface area contributed by atoms with Crippen LogP contribution in [-0.4, -0.2) is 22.0 Å². The number of nitrogens with one attached hydrogen (secondary N) is 1. The van der Waals surface area contributed by atoms with Crippen LogP contribution in [0.2, 0.25) is 5.02 Å². The van der Waals surface area contributed by atoms with Gasteiger partial charge in [-0.25, -0.2) is 4.98 Å². The maximum absolute atomic E-state index is 12.0. The number of aromatic nitrogens is 2. The Hall–Kier alpha value is -2.59. The maximum atomic E-state index is 12.0. The zero-order valence-corrected chi connectivity index (χ0v) is 15.3. The van der Waals surface area contributed by atoms with Crippen molar-refractivity contribution in [3.8, 4) is 0 Å². The Balaban J connectivity index is 1.42. The van der Waals surface area contributed by atoms with Crippen LogP contribution >= 0.6 is 11.6 Å². The Morgan fingerprint density at radius 3 is 2.54 bits per heavy atom. The lowest BCUT2D eigenvalue weighted by molar-refractivity contribution is -0.121. The highest BCUT2D eigenvalue weighted by molar-refractivity contribution is 6.30. The fourth-order valence-corrected chi connectivity index (χ4v) is 2.93. The second-order valence-corrected chi connectivity index (χ2v) is 6.62. The van der Waals surface area contributed by atoms with Crippen molar-refractivity contribution >= 4 is 17.5 Å². The van der Waals surface area contributed by atoms with Crippen LogP contribution in [0.4, 0.5) is 0 Å². The highest BCUT2D eigenvalue weighted by Gasteiger charge is 2.06. The van der Waals surface area contributed by atoms with E-state index in [1.807, 2.05) is 48.7 Å². The third-order valence-corrected chi connectivity index (χ3v) is 4.47. The average Bonchev–Trinajstić information content (AvgIpc) is 3.09. The van der Waals surface area contributed by atoms with Crippen molar-refractivity contribution in [1.29, 1.82) is 0 Å². The van der Waals surface area contributed by atoms with Gasteiger partial charge in [0, 0.05) is 43.3 Å². The molecule has 3 rings (SSSR count). The van der Waals surface area contributed by atoms with Crippen LogP contribution in [0.15, 0.2) is 67.0 Å². The molecule has 1 N–H and O–H groups in total. The Morgan fingerprint density at radius 1 is 1.00 bits per heavy atom. The Morgan fingerprint density at radius 2 is 1.77 bits per heavy atom. The summed E-state index contributed by atoms with van der Waals surface area (Å²) in [6.07, 6.45) is 5.68. The largest absolute Gasteiger partial charge is 0.356 e. The third-order valence-electron chi connectivity index (χ3n) is 4.22. The fraction of sp³-hybridized carbons (Fsp3) is 0.238. The summed E-state index contributed by atoms with van der Waals surface area (Å²) in [5.74, 6) is 1.04. The molecule has 0 aliphatic heterocycles. The number of rotatable bonds is 8. The Kier molecular flexibility index (Phi) is 6.45. The first-order chi connectivity index (χ1) is 12.7. The predicted octanol–water partition coefficient (Wildman–Crippen LogP) is 3.88. The molecule has 0 radical (unpaired) electrons. The minimum absolute atomic E-state index is 0.0566. The molecule has 0 bridgehead atoms. The van der Waals surface area contributed by atoms with Crippen LogP contribution in [0.25, 0.3) is 0 Å². The third kappa shape index (κ3) is 5.46. The normalized spacial score (nSPS) is 10.7. The molecule has 1 amide bonds. The van der Waals surface area contributed by atoms with Crippen LogP contribution in [-0.2, 0) is 24.2 Å². The number of carbonyl (C=O) groups is 1. The van der Waals surface area contributed by atoms with Gasteiger partial charge in [0.15, 0.2) is 0 Å². The minimum Gasteiger partial charge on any atom is -0.356 e. The fourth-order valence-electron chi connectivity index (χ4n) is 2.80. The van der Waals surface area contributed by atoms with Crippen LogP contribution in [0.5, 0.6) is 0 Å². The maximum Gasteiger partial charge on any atom is 0.220 e. The number of aryl methyl sites for hydroxylation is 1. The summed E-state index contributed by atoms with van der Waals surface area (Å²) >= 11 is 5.87. The molecule has 0 atom stereocenters. The van der Waals surface area contributed by atoms with Gasteiger partial charge in [0.05, 0.1) is 0 Å². The molecule has 1 heterocycles. The van der Waals surface area contributed by atoms with Crippen molar-refractivity contribution in [2.45, 2.75) is 25.8 Å². The van der Waals surface area contributed by atoms with Crippen LogP contribution < -0.4 is 5.32 Å². The summed E-state index contributed by atoms with van der Waals surface area (Å²) in [4.78, 5) is 16.4. The summed E-state index contributed by atoms with van der Waals surface area (Å²) in [5, 5.41) is 3.69. The number of hydrogen-bond acceptors (Lipinski definition) is 2. The van der Waals surface area contributed by atoms with Gasteiger partial charge < -0.3 is 9.88 Å². The van der Waals surface area contributed by atoms with E-state index in [-0.39, 0.29) is 5.91 Å². The molecule has 2 aromatic carbocycles. The van der Waals surface area contributed by atoms with E-state index in [1.54, 1.807) is 6.20 Å². The van der Waals surface area contributed by atoms with Crippen LogP contribution in [0, 0.1) is 0 Å². The van der Waals surface area contributed by atoms with Crippen molar-refractivity contribution in [2.75, 3.05) is 6.54 Å². The Bertz CT molecular complexity index is 828. The van der Waals surface area contributed by atoms with Gasteiger partial charge in [0.1, 0.15) is 5.82 Å². The van der Waals surface area contributed by atoms with E-state index in [0.717, 1.165) is 17.9 Å².